The molecule has 26 heavy (non-hydrogen) atoms. The summed E-state index contributed by atoms with van der Waals surface area (Å²) >= 11 is 0. The van der Waals surface area contributed by atoms with Crippen LogP contribution < -0.4 is 0 Å². The number of hydrogen-bond donors (Lipinski definition) is 0. The van der Waals surface area contributed by atoms with Crippen LogP contribution in [0.5, 0.6) is 0 Å². The Kier molecular flexibility index (Phi) is 8.78. The summed E-state index contributed by atoms with van der Waals surface area (Å²) in [4.78, 5) is 39.8. The summed E-state index contributed by atoms with van der Waals surface area (Å²) < 4.78 is 5.33. The van der Waals surface area contributed by atoms with Gasteiger partial charge in [-0.1, -0.05) is 12.8 Å². The minimum atomic E-state index is -0.475. The molecule has 0 unspecified atom stereocenters. The van der Waals surface area contributed by atoms with E-state index in [1.54, 1.807) is 11.9 Å². The molecule has 0 N–H and O–H groups in total. The van der Waals surface area contributed by atoms with E-state index in [4.69, 9.17) is 4.74 Å². The first-order chi connectivity index (χ1) is 12.1. The van der Waals surface area contributed by atoms with Crippen LogP contribution in [0.15, 0.2) is 12.2 Å². The lowest BCUT2D eigenvalue weighted by atomic mass is 10.2. The van der Waals surface area contributed by atoms with Crippen molar-refractivity contribution < 1.29 is 19.1 Å². The Hall–Kier alpha value is -1.89. The van der Waals surface area contributed by atoms with Crippen LogP contribution in [0, 0.1) is 0 Å². The first-order valence-electron chi connectivity index (χ1n) is 9.26. The number of hydrogen-bond acceptors (Lipinski definition) is 5. The van der Waals surface area contributed by atoms with E-state index in [0.29, 0.717) is 13.1 Å². The monoisotopic (exact) mass is 367 g/mol. The standard InChI is InChI=1S/C19H33N3O4/c1-19(2,3)26-18(25)21(5)15-14-20(4)12-8-6-7-9-13-22-16(23)10-11-17(22)24/h10-11H,6-9,12-15H2,1-5H3. The molecule has 0 fully saturated rings. The van der Waals surface area contributed by atoms with Gasteiger partial charge in [0.25, 0.3) is 11.8 Å². The lowest BCUT2D eigenvalue weighted by molar-refractivity contribution is -0.136. The molecule has 7 heteroatoms. The van der Waals surface area contributed by atoms with Crippen molar-refractivity contribution in [1.29, 1.82) is 0 Å². The highest BCUT2D eigenvalue weighted by Crippen LogP contribution is 2.10. The van der Waals surface area contributed by atoms with Crippen LogP contribution >= 0.6 is 0 Å². The van der Waals surface area contributed by atoms with Crippen molar-refractivity contribution in [2.24, 2.45) is 0 Å². The molecule has 0 saturated carbocycles. The SMILES string of the molecule is CN(CCCCCCN1C(=O)C=CC1=O)CCN(C)C(=O)OC(C)(C)C. The average Bonchev–Trinajstić information content (AvgIpc) is 2.85. The zero-order chi connectivity index (χ0) is 19.7. The van der Waals surface area contributed by atoms with E-state index in [1.807, 2.05) is 27.8 Å². The highest BCUT2D eigenvalue weighted by molar-refractivity contribution is 6.12. The predicted octanol–water partition coefficient (Wildman–Crippen LogP) is 2.27. The van der Waals surface area contributed by atoms with Gasteiger partial charge in [-0.3, -0.25) is 14.5 Å². The summed E-state index contributed by atoms with van der Waals surface area (Å²) in [7, 11) is 3.79. The number of carbonyl (C=O) groups excluding carboxylic acids is 3. The minimum Gasteiger partial charge on any atom is -0.444 e. The highest BCUT2D eigenvalue weighted by atomic mass is 16.6. The van der Waals surface area contributed by atoms with Crippen LogP contribution in [-0.4, -0.2) is 78.5 Å². The number of unbranched alkanes of at least 4 members (excludes halogenated alkanes) is 3. The Labute approximate surface area is 156 Å². The van der Waals surface area contributed by atoms with Crippen LogP contribution in [0.4, 0.5) is 4.79 Å². The van der Waals surface area contributed by atoms with E-state index < -0.39 is 5.60 Å². The summed E-state index contributed by atoms with van der Waals surface area (Å²) in [6.07, 6.45) is 6.28. The van der Waals surface area contributed by atoms with E-state index in [9.17, 15) is 14.4 Å². The normalized spacial score (nSPS) is 14.5. The van der Waals surface area contributed by atoms with E-state index in [-0.39, 0.29) is 17.9 Å². The second-order valence-electron chi connectivity index (χ2n) is 7.78. The number of amides is 3. The van der Waals surface area contributed by atoms with Crippen molar-refractivity contribution >= 4 is 17.9 Å². The molecule has 0 atom stereocenters. The van der Waals surface area contributed by atoms with Gasteiger partial charge in [-0.15, -0.1) is 0 Å². The molecule has 1 aliphatic heterocycles. The Morgan fingerprint density at radius 3 is 2.12 bits per heavy atom. The van der Waals surface area contributed by atoms with Gasteiger partial charge in [0, 0.05) is 38.8 Å². The molecule has 3 amide bonds. The van der Waals surface area contributed by atoms with Crippen molar-refractivity contribution in [3.05, 3.63) is 12.2 Å². The number of imide groups is 1. The summed E-state index contributed by atoms with van der Waals surface area (Å²) in [5, 5.41) is 0. The Bertz CT molecular complexity index is 507. The first kappa shape index (κ1) is 22.2. The molecular weight excluding hydrogens is 334 g/mol. The second-order valence-corrected chi connectivity index (χ2v) is 7.78. The van der Waals surface area contributed by atoms with Gasteiger partial charge in [-0.2, -0.15) is 0 Å². The maximum absolute atomic E-state index is 11.9. The number of carbonyl (C=O) groups is 3. The molecule has 0 aromatic rings. The maximum atomic E-state index is 11.9. The van der Waals surface area contributed by atoms with Crippen LogP contribution in [0.25, 0.3) is 0 Å². The molecule has 0 spiro atoms. The third kappa shape index (κ3) is 8.47. The molecule has 0 aromatic heterocycles. The molecule has 0 bridgehead atoms. The molecule has 1 aliphatic rings. The summed E-state index contributed by atoms with van der Waals surface area (Å²) in [6.45, 7) is 8.44. The van der Waals surface area contributed by atoms with Crippen molar-refractivity contribution in [1.82, 2.24) is 14.7 Å². The van der Waals surface area contributed by atoms with E-state index in [0.717, 1.165) is 38.8 Å². The highest BCUT2D eigenvalue weighted by Gasteiger charge is 2.22. The zero-order valence-electron chi connectivity index (χ0n) is 16.8. The fraction of sp³-hybridized carbons (Fsp3) is 0.737. The average molecular weight is 367 g/mol. The van der Waals surface area contributed by atoms with Crippen molar-refractivity contribution in [3.63, 3.8) is 0 Å². The molecule has 0 radical (unpaired) electrons. The summed E-state index contributed by atoms with van der Waals surface area (Å²) in [5.41, 5.74) is -0.475. The summed E-state index contributed by atoms with van der Waals surface area (Å²) in [6, 6.07) is 0. The molecular formula is C19H33N3O4. The summed E-state index contributed by atoms with van der Waals surface area (Å²) in [5.74, 6) is -0.410. The van der Waals surface area contributed by atoms with Gasteiger partial charge in [0.15, 0.2) is 0 Å². The molecule has 0 saturated heterocycles. The van der Waals surface area contributed by atoms with E-state index in [2.05, 4.69) is 4.90 Å². The quantitative estimate of drug-likeness (QED) is 0.438. The lowest BCUT2D eigenvalue weighted by Gasteiger charge is -2.26. The third-order valence-electron chi connectivity index (χ3n) is 4.09. The molecule has 7 nitrogen and oxygen atoms in total. The number of rotatable bonds is 10. The fourth-order valence-electron chi connectivity index (χ4n) is 2.52. The van der Waals surface area contributed by atoms with Gasteiger partial charge < -0.3 is 14.5 Å². The topological polar surface area (TPSA) is 70.2 Å². The molecule has 0 aromatic carbocycles. The first-order valence-corrected chi connectivity index (χ1v) is 9.26. The smallest absolute Gasteiger partial charge is 0.410 e. The molecule has 1 rings (SSSR count). The number of likely N-dealkylation sites (N-methyl/N-ethyl adjacent to an activating group) is 2. The van der Waals surface area contributed by atoms with Gasteiger partial charge >= 0.3 is 6.09 Å². The Morgan fingerprint density at radius 1 is 0.962 bits per heavy atom. The number of nitrogens with zero attached hydrogens (tertiary/aromatic N) is 3. The van der Waals surface area contributed by atoms with Crippen LogP contribution in [-0.2, 0) is 14.3 Å². The third-order valence-corrected chi connectivity index (χ3v) is 4.09. The lowest BCUT2D eigenvalue weighted by Crippen LogP contribution is -2.38. The largest absolute Gasteiger partial charge is 0.444 e. The molecule has 148 valence electrons. The van der Waals surface area contributed by atoms with E-state index in [1.165, 1.54) is 17.1 Å². The van der Waals surface area contributed by atoms with Gasteiger partial charge in [0.2, 0.25) is 0 Å². The Balaban J connectivity index is 2.06. The van der Waals surface area contributed by atoms with Gasteiger partial charge in [0.05, 0.1) is 0 Å². The molecule has 0 aliphatic carbocycles. The van der Waals surface area contributed by atoms with Gasteiger partial charge in [-0.05, 0) is 47.2 Å². The van der Waals surface area contributed by atoms with E-state index >= 15 is 0 Å². The fourth-order valence-corrected chi connectivity index (χ4v) is 2.52. The van der Waals surface area contributed by atoms with Crippen LogP contribution in [0.3, 0.4) is 0 Å². The van der Waals surface area contributed by atoms with Crippen molar-refractivity contribution in [2.75, 3.05) is 40.3 Å². The number of ether oxygens (including phenoxy) is 1. The van der Waals surface area contributed by atoms with Crippen molar-refractivity contribution in [3.8, 4) is 0 Å². The van der Waals surface area contributed by atoms with Crippen molar-refractivity contribution in [2.45, 2.75) is 52.1 Å². The van der Waals surface area contributed by atoms with Crippen LogP contribution in [0.2, 0.25) is 0 Å². The van der Waals surface area contributed by atoms with Gasteiger partial charge in [0.1, 0.15) is 5.60 Å². The Morgan fingerprint density at radius 2 is 1.54 bits per heavy atom. The molecule has 1 heterocycles. The van der Waals surface area contributed by atoms with Gasteiger partial charge in [-0.25, -0.2) is 4.79 Å². The maximum Gasteiger partial charge on any atom is 0.410 e. The predicted molar refractivity (Wildman–Crippen MR) is 101 cm³/mol. The van der Waals surface area contributed by atoms with Crippen LogP contribution in [0.1, 0.15) is 46.5 Å². The second kappa shape index (κ2) is 10.3. The zero-order valence-corrected chi connectivity index (χ0v) is 16.8. The minimum absolute atomic E-state index is 0.205.